The number of likely N-dealkylation sites (N-methyl/N-ethyl adjacent to an activating group) is 1. The third kappa shape index (κ3) is 5.00. The summed E-state index contributed by atoms with van der Waals surface area (Å²) in [5.41, 5.74) is 2.43. The lowest BCUT2D eigenvalue weighted by Gasteiger charge is -2.32. The fourth-order valence-electron chi connectivity index (χ4n) is 3.07. The van der Waals surface area contributed by atoms with Crippen molar-refractivity contribution in [3.05, 3.63) is 55.1 Å². The molecule has 1 aliphatic rings. The highest BCUT2D eigenvalue weighted by Crippen LogP contribution is 2.32. The summed E-state index contributed by atoms with van der Waals surface area (Å²) in [4.78, 5) is 0. The number of rotatable bonds is 10. The van der Waals surface area contributed by atoms with E-state index in [1.54, 1.807) is 0 Å². The summed E-state index contributed by atoms with van der Waals surface area (Å²) in [5, 5.41) is 0. The predicted molar refractivity (Wildman–Crippen MR) is 101 cm³/mol. The van der Waals surface area contributed by atoms with Crippen LogP contribution < -0.4 is 9.47 Å². The third-order valence-electron chi connectivity index (χ3n) is 4.51. The zero-order valence-electron chi connectivity index (χ0n) is 15.1. The molecule has 0 spiro atoms. The van der Waals surface area contributed by atoms with Gasteiger partial charge in [-0.25, -0.2) is 0 Å². The zero-order valence-corrected chi connectivity index (χ0v) is 15.1. The average molecular weight is 328 g/mol. The second kappa shape index (κ2) is 8.74. The highest BCUT2D eigenvalue weighted by Gasteiger charge is 2.17. The summed E-state index contributed by atoms with van der Waals surface area (Å²) in [6.07, 6.45) is 8.25. The van der Waals surface area contributed by atoms with Gasteiger partial charge in [-0.1, -0.05) is 13.2 Å². The molecule has 2 rings (SSSR count). The molecule has 24 heavy (non-hydrogen) atoms. The number of ether oxygens (including phenoxy) is 2. The van der Waals surface area contributed by atoms with Crippen molar-refractivity contribution in [1.82, 2.24) is 0 Å². The van der Waals surface area contributed by atoms with Crippen LogP contribution in [0.3, 0.4) is 0 Å². The molecule has 1 aliphatic heterocycles. The van der Waals surface area contributed by atoms with Crippen LogP contribution in [-0.4, -0.2) is 44.4 Å². The molecule has 0 fully saturated rings. The van der Waals surface area contributed by atoms with Crippen molar-refractivity contribution in [2.45, 2.75) is 19.8 Å². The van der Waals surface area contributed by atoms with Gasteiger partial charge < -0.3 is 14.0 Å². The summed E-state index contributed by atoms with van der Waals surface area (Å²) in [7, 11) is 2.25. The van der Waals surface area contributed by atoms with E-state index < -0.39 is 0 Å². The van der Waals surface area contributed by atoms with Crippen LogP contribution in [0, 0.1) is 0 Å². The molecule has 130 valence electrons. The van der Waals surface area contributed by atoms with E-state index in [2.05, 4.69) is 39.3 Å². The number of benzene rings is 1. The van der Waals surface area contributed by atoms with E-state index in [1.807, 2.05) is 24.3 Å². The quantitative estimate of drug-likeness (QED) is 0.359. The Balaban J connectivity index is 1.77. The first kappa shape index (κ1) is 18.3. The molecule has 3 heteroatoms. The summed E-state index contributed by atoms with van der Waals surface area (Å²) in [6.45, 7) is 14.3. The first-order valence-corrected chi connectivity index (χ1v) is 8.70. The maximum Gasteiger partial charge on any atom is 0.130 e. The standard InChI is InChI=1S/C21H30NO2/c1-5-12-22(4,13-6-2)14-7-8-15-23-19-9-10-20-18(3)11-16-24-21(20)17-19/h5-6,9-11,17H,1-2,7-8,12-16H2,3-4H3/q+1. The van der Waals surface area contributed by atoms with E-state index in [1.165, 1.54) is 5.57 Å². The maximum absolute atomic E-state index is 5.90. The smallest absolute Gasteiger partial charge is 0.130 e. The Morgan fingerprint density at radius 2 is 1.96 bits per heavy atom. The first-order valence-electron chi connectivity index (χ1n) is 8.70. The molecule has 0 saturated heterocycles. The lowest BCUT2D eigenvalue weighted by Crippen LogP contribution is -2.45. The third-order valence-corrected chi connectivity index (χ3v) is 4.51. The first-order chi connectivity index (χ1) is 11.6. The molecule has 0 radical (unpaired) electrons. The monoisotopic (exact) mass is 328 g/mol. The van der Waals surface area contributed by atoms with Gasteiger partial charge in [-0.15, -0.1) is 0 Å². The number of fused-ring (bicyclic) bond motifs is 1. The Hall–Kier alpha value is -2.00. The van der Waals surface area contributed by atoms with Crippen LogP contribution >= 0.6 is 0 Å². The van der Waals surface area contributed by atoms with Gasteiger partial charge in [-0.3, -0.25) is 0 Å². The summed E-state index contributed by atoms with van der Waals surface area (Å²) >= 11 is 0. The van der Waals surface area contributed by atoms with Crippen LogP contribution in [0.2, 0.25) is 0 Å². The fourth-order valence-corrected chi connectivity index (χ4v) is 3.07. The van der Waals surface area contributed by atoms with Crippen molar-refractivity contribution in [3.63, 3.8) is 0 Å². The van der Waals surface area contributed by atoms with Gasteiger partial charge in [0.1, 0.15) is 18.1 Å². The zero-order chi connectivity index (χ0) is 17.4. The second-order valence-electron chi connectivity index (χ2n) is 6.70. The minimum atomic E-state index is 0.644. The van der Waals surface area contributed by atoms with E-state index in [9.17, 15) is 0 Å². The number of quaternary nitrogens is 1. The number of hydrogen-bond donors (Lipinski definition) is 0. The summed E-state index contributed by atoms with van der Waals surface area (Å²) < 4.78 is 12.5. The van der Waals surface area contributed by atoms with Gasteiger partial charge in [-0.05, 0) is 55.7 Å². The lowest BCUT2D eigenvalue weighted by atomic mass is 10.0. The maximum atomic E-state index is 5.90. The topological polar surface area (TPSA) is 18.5 Å². The molecule has 1 aromatic carbocycles. The number of nitrogens with zero attached hydrogens (tertiary/aromatic N) is 1. The Bertz CT molecular complexity index is 594. The van der Waals surface area contributed by atoms with E-state index in [0.29, 0.717) is 6.61 Å². The molecular weight excluding hydrogens is 298 g/mol. The molecule has 0 amide bonds. The van der Waals surface area contributed by atoms with Crippen molar-refractivity contribution in [1.29, 1.82) is 0 Å². The Labute approximate surface area is 146 Å². The van der Waals surface area contributed by atoms with Crippen LogP contribution in [0.1, 0.15) is 25.3 Å². The van der Waals surface area contributed by atoms with Crippen LogP contribution in [0.5, 0.6) is 11.5 Å². The number of allylic oxidation sites excluding steroid dienone is 1. The molecule has 0 saturated carbocycles. The molecular formula is C21H30NO2+. The van der Waals surface area contributed by atoms with Crippen molar-refractivity contribution in [3.8, 4) is 11.5 Å². The Morgan fingerprint density at radius 1 is 1.21 bits per heavy atom. The summed E-state index contributed by atoms with van der Waals surface area (Å²) in [6, 6.07) is 6.11. The molecule has 0 atom stereocenters. The molecule has 0 aliphatic carbocycles. The average Bonchev–Trinajstić information content (AvgIpc) is 2.55. The van der Waals surface area contributed by atoms with Crippen LogP contribution in [-0.2, 0) is 0 Å². The van der Waals surface area contributed by atoms with Crippen molar-refractivity contribution >= 4 is 5.57 Å². The lowest BCUT2D eigenvalue weighted by molar-refractivity contribution is -0.898. The molecule has 0 bridgehead atoms. The van der Waals surface area contributed by atoms with Crippen molar-refractivity contribution in [2.75, 3.05) is 39.9 Å². The van der Waals surface area contributed by atoms with Gasteiger partial charge in [0.05, 0.1) is 33.3 Å². The minimum absolute atomic E-state index is 0.644. The largest absolute Gasteiger partial charge is 0.493 e. The van der Waals surface area contributed by atoms with Gasteiger partial charge in [0, 0.05) is 11.6 Å². The van der Waals surface area contributed by atoms with E-state index in [4.69, 9.17) is 9.47 Å². The SMILES string of the molecule is C=CC[N+](C)(CC=C)CCCCOc1ccc2c(c1)OCC=C2C. The van der Waals surface area contributed by atoms with E-state index >= 15 is 0 Å². The van der Waals surface area contributed by atoms with Crippen molar-refractivity contribution < 1.29 is 14.0 Å². The van der Waals surface area contributed by atoms with Crippen LogP contribution in [0.4, 0.5) is 0 Å². The van der Waals surface area contributed by atoms with Crippen LogP contribution in [0.25, 0.3) is 5.57 Å². The molecule has 1 heterocycles. The highest BCUT2D eigenvalue weighted by molar-refractivity contribution is 5.71. The molecule has 0 aromatic heterocycles. The Kier molecular flexibility index (Phi) is 6.68. The molecule has 0 N–H and O–H groups in total. The Morgan fingerprint density at radius 3 is 2.67 bits per heavy atom. The predicted octanol–water partition coefficient (Wildman–Crippen LogP) is 4.46. The number of unbranched alkanes of at least 4 members (excludes halogenated alkanes) is 1. The number of hydrogen-bond acceptors (Lipinski definition) is 2. The van der Waals surface area contributed by atoms with Crippen LogP contribution in [0.15, 0.2) is 49.6 Å². The molecule has 3 nitrogen and oxygen atoms in total. The normalized spacial score (nSPS) is 13.5. The highest BCUT2D eigenvalue weighted by atomic mass is 16.5. The van der Waals surface area contributed by atoms with Gasteiger partial charge in [0.15, 0.2) is 0 Å². The van der Waals surface area contributed by atoms with Crippen molar-refractivity contribution in [2.24, 2.45) is 0 Å². The van der Waals surface area contributed by atoms with Gasteiger partial charge in [0.2, 0.25) is 0 Å². The second-order valence-corrected chi connectivity index (χ2v) is 6.70. The summed E-state index contributed by atoms with van der Waals surface area (Å²) in [5.74, 6) is 1.81. The van der Waals surface area contributed by atoms with E-state index in [-0.39, 0.29) is 0 Å². The molecule has 0 unspecified atom stereocenters. The van der Waals surface area contributed by atoms with Gasteiger partial charge >= 0.3 is 0 Å². The van der Waals surface area contributed by atoms with Gasteiger partial charge in [-0.2, -0.15) is 0 Å². The fraction of sp³-hybridized carbons (Fsp3) is 0.429. The van der Waals surface area contributed by atoms with Gasteiger partial charge in [0.25, 0.3) is 0 Å². The minimum Gasteiger partial charge on any atom is -0.493 e. The van der Waals surface area contributed by atoms with E-state index in [0.717, 1.165) is 60.6 Å². The molecule has 1 aromatic rings.